The minimum atomic E-state index is -3.98. The Balaban J connectivity index is 1.94. The molecule has 2 aromatic rings. The normalized spacial score (nSPS) is 15.3. The van der Waals surface area contributed by atoms with E-state index in [1.807, 2.05) is 6.92 Å². The molecule has 26 heavy (non-hydrogen) atoms. The van der Waals surface area contributed by atoms with Crippen molar-refractivity contribution in [2.45, 2.75) is 19.8 Å². The summed E-state index contributed by atoms with van der Waals surface area (Å²) < 4.78 is 55.9. The Hall–Kier alpha value is -2.19. The summed E-state index contributed by atoms with van der Waals surface area (Å²) in [5.41, 5.74) is 0.679. The summed E-state index contributed by atoms with van der Waals surface area (Å²) >= 11 is 0. The molecule has 2 aromatic carbocycles. The van der Waals surface area contributed by atoms with Crippen LogP contribution in [0, 0.1) is 11.6 Å². The summed E-state index contributed by atoms with van der Waals surface area (Å²) in [5.74, 6) is -1.67. The van der Waals surface area contributed by atoms with Crippen molar-refractivity contribution in [3.05, 3.63) is 54.1 Å². The van der Waals surface area contributed by atoms with Crippen molar-refractivity contribution in [1.82, 2.24) is 5.32 Å². The molecule has 0 unspecified atom stereocenters. The molecule has 8 heteroatoms. The third-order valence-corrected chi connectivity index (χ3v) is 6.01. The van der Waals surface area contributed by atoms with Crippen LogP contribution in [0.2, 0.25) is 0 Å². The van der Waals surface area contributed by atoms with Crippen molar-refractivity contribution in [2.75, 3.05) is 28.2 Å². The Bertz CT molecular complexity index is 890. The zero-order valence-corrected chi connectivity index (χ0v) is 15.3. The number of anilines is 3. The lowest BCUT2D eigenvalue weighted by Gasteiger charge is -2.22. The Morgan fingerprint density at radius 3 is 2.42 bits per heavy atom. The molecule has 0 amide bonds. The zero-order chi connectivity index (χ0) is 18.7. The second-order valence-corrected chi connectivity index (χ2v) is 7.69. The Kier molecular flexibility index (Phi) is 5.43. The SMILES string of the molecule is CCNCCCCN1c2ccccc2N(c2ccc(F)cc2F)S1(=O)=O. The van der Waals surface area contributed by atoms with E-state index in [0.29, 0.717) is 30.4 Å². The molecule has 5 nitrogen and oxygen atoms in total. The number of nitrogens with one attached hydrogen (secondary N) is 1. The van der Waals surface area contributed by atoms with Gasteiger partial charge in [-0.25, -0.2) is 13.1 Å². The average Bonchev–Trinajstić information content (AvgIpc) is 2.82. The van der Waals surface area contributed by atoms with E-state index >= 15 is 0 Å². The number of benzene rings is 2. The molecule has 0 bridgehead atoms. The lowest BCUT2D eigenvalue weighted by Crippen LogP contribution is -2.36. The van der Waals surface area contributed by atoms with E-state index in [0.717, 1.165) is 35.9 Å². The number of fused-ring (bicyclic) bond motifs is 1. The molecule has 0 aromatic heterocycles. The van der Waals surface area contributed by atoms with Gasteiger partial charge in [0.1, 0.15) is 5.82 Å². The smallest absolute Gasteiger partial charge is 0.317 e. The van der Waals surface area contributed by atoms with Crippen molar-refractivity contribution in [2.24, 2.45) is 0 Å². The van der Waals surface area contributed by atoms with Gasteiger partial charge < -0.3 is 5.32 Å². The van der Waals surface area contributed by atoms with Crippen LogP contribution in [0.3, 0.4) is 0 Å². The van der Waals surface area contributed by atoms with Gasteiger partial charge >= 0.3 is 10.2 Å². The maximum Gasteiger partial charge on any atom is 0.331 e. The van der Waals surface area contributed by atoms with Gasteiger partial charge in [-0.3, -0.25) is 4.31 Å². The highest BCUT2D eigenvalue weighted by molar-refractivity contribution is 7.95. The van der Waals surface area contributed by atoms with E-state index in [4.69, 9.17) is 0 Å². The van der Waals surface area contributed by atoms with Crippen LogP contribution in [0.5, 0.6) is 0 Å². The molecule has 140 valence electrons. The summed E-state index contributed by atoms with van der Waals surface area (Å²) in [4.78, 5) is 0. The fourth-order valence-corrected chi connectivity index (χ4v) is 4.77. The first kappa shape index (κ1) is 18.6. The average molecular weight is 381 g/mol. The molecular weight excluding hydrogens is 360 g/mol. The van der Waals surface area contributed by atoms with Gasteiger partial charge in [-0.2, -0.15) is 8.42 Å². The third kappa shape index (κ3) is 3.39. The van der Waals surface area contributed by atoms with Crippen LogP contribution >= 0.6 is 0 Å². The third-order valence-electron chi connectivity index (χ3n) is 4.22. The number of hydrogen-bond donors (Lipinski definition) is 1. The highest BCUT2D eigenvalue weighted by Gasteiger charge is 2.41. The largest absolute Gasteiger partial charge is 0.331 e. The Morgan fingerprint density at radius 2 is 1.73 bits per heavy atom. The van der Waals surface area contributed by atoms with E-state index in [2.05, 4.69) is 5.32 Å². The Morgan fingerprint density at radius 1 is 1.00 bits per heavy atom. The summed E-state index contributed by atoms with van der Waals surface area (Å²) in [7, 11) is -3.98. The van der Waals surface area contributed by atoms with Gasteiger partial charge in [-0.05, 0) is 50.2 Å². The van der Waals surface area contributed by atoms with Crippen LogP contribution in [-0.4, -0.2) is 28.1 Å². The predicted octanol–water partition coefficient (Wildman–Crippen LogP) is 3.56. The quantitative estimate of drug-likeness (QED) is 0.746. The van der Waals surface area contributed by atoms with E-state index in [9.17, 15) is 17.2 Å². The molecule has 1 aliphatic rings. The molecule has 1 heterocycles. The molecule has 0 fully saturated rings. The summed E-state index contributed by atoms with van der Waals surface area (Å²) in [6.07, 6.45) is 1.49. The van der Waals surface area contributed by atoms with E-state index in [1.165, 1.54) is 4.31 Å². The lowest BCUT2D eigenvalue weighted by molar-refractivity contribution is 0.577. The summed E-state index contributed by atoms with van der Waals surface area (Å²) in [5, 5.41) is 3.20. The van der Waals surface area contributed by atoms with Gasteiger partial charge in [0.25, 0.3) is 0 Å². The second kappa shape index (κ2) is 7.59. The van der Waals surface area contributed by atoms with Gasteiger partial charge in [0, 0.05) is 12.6 Å². The number of nitrogens with zero attached hydrogens (tertiary/aromatic N) is 2. The van der Waals surface area contributed by atoms with E-state index in [-0.39, 0.29) is 5.69 Å². The van der Waals surface area contributed by atoms with Gasteiger partial charge in [0.15, 0.2) is 5.82 Å². The second-order valence-electron chi connectivity index (χ2n) is 5.99. The molecule has 1 N–H and O–H groups in total. The molecule has 0 saturated heterocycles. The fraction of sp³-hybridized carbons (Fsp3) is 0.333. The number of halogens is 2. The van der Waals surface area contributed by atoms with Crippen molar-refractivity contribution in [3.63, 3.8) is 0 Å². The summed E-state index contributed by atoms with van der Waals surface area (Å²) in [6, 6.07) is 9.63. The standard InChI is InChI=1S/C18H21F2N3O2S/c1-2-21-11-5-6-12-22-17-7-3-4-8-18(17)23(26(22,24)25)16-10-9-14(19)13-15(16)20/h3-4,7-10,13,21H,2,5-6,11-12H2,1H3. The molecule has 3 rings (SSSR count). The summed E-state index contributed by atoms with van der Waals surface area (Å²) in [6.45, 7) is 3.98. The van der Waals surface area contributed by atoms with Crippen molar-refractivity contribution < 1.29 is 17.2 Å². The first-order valence-electron chi connectivity index (χ1n) is 8.54. The van der Waals surface area contributed by atoms with Crippen LogP contribution in [0.4, 0.5) is 25.8 Å². The predicted molar refractivity (Wildman–Crippen MR) is 99.0 cm³/mol. The van der Waals surface area contributed by atoms with Crippen molar-refractivity contribution >= 4 is 27.3 Å². The van der Waals surface area contributed by atoms with Crippen LogP contribution < -0.4 is 13.9 Å². The maximum absolute atomic E-state index is 14.3. The maximum atomic E-state index is 14.3. The van der Waals surface area contributed by atoms with Crippen LogP contribution in [0.15, 0.2) is 42.5 Å². The van der Waals surface area contributed by atoms with Crippen LogP contribution in [0.25, 0.3) is 0 Å². The van der Waals surface area contributed by atoms with Gasteiger partial charge in [-0.15, -0.1) is 0 Å². The highest BCUT2D eigenvalue weighted by atomic mass is 32.2. The molecule has 0 radical (unpaired) electrons. The van der Waals surface area contributed by atoms with Crippen molar-refractivity contribution in [1.29, 1.82) is 0 Å². The van der Waals surface area contributed by atoms with Crippen LogP contribution in [0.1, 0.15) is 19.8 Å². The van der Waals surface area contributed by atoms with Gasteiger partial charge in [-0.1, -0.05) is 19.1 Å². The van der Waals surface area contributed by atoms with Gasteiger partial charge in [0.05, 0.1) is 17.1 Å². The molecule has 0 atom stereocenters. The monoisotopic (exact) mass is 381 g/mol. The molecule has 1 aliphatic heterocycles. The zero-order valence-electron chi connectivity index (χ0n) is 14.5. The Labute approximate surface area is 152 Å². The van der Waals surface area contributed by atoms with E-state index in [1.54, 1.807) is 24.3 Å². The minimum Gasteiger partial charge on any atom is -0.317 e. The number of unbranched alkanes of at least 4 members (excludes halogenated alkanes) is 1. The van der Waals surface area contributed by atoms with Crippen molar-refractivity contribution in [3.8, 4) is 0 Å². The molecule has 0 saturated carbocycles. The molecule has 0 spiro atoms. The topological polar surface area (TPSA) is 52.6 Å². The van der Waals surface area contributed by atoms with E-state index < -0.39 is 21.8 Å². The fourth-order valence-electron chi connectivity index (χ4n) is 3.01. The number of para-hydroxylation sites is 2. The minimum absolute atomic E-state index is 0.186. The van der Waals surface area contributed by atoms with Gasteiger partial charge in [0.2, 0.25) is 0 Å². The first-order chi connectivity index (χ1) is 12.5. The molecule has 0 aliphatic carbocycles. The first-order valence-corrected chi connectivity index (χ1v) is 9.94. The highest BCUT2D eigenvalue weighted by Crippen LogP contribution is 2.45. The number of rotatable bonds is 7. The number of hydrogen-bond acceptors (Lipinski definition) is 3. The molecular formula is C18H21F2N3O2S. The van der Waals surface area contributed by atoms with Crippen LogP contribution in [-0.2, 0) is 10.2 Å². The lowest BCUT2D eigenvalue weighted by atomic mass is 10.2.